The lowest BCUT2D eigenvalue weighted by atomic mass is 9.92. The van der Waals surface area contributed by atoms with Gasteiger partial charge in [0.05, 0.1) is 12.3 Å². The van der Waals surface area contributed by atoms with Crippen LogP contribution in [0.25, 0.3) is 0 Å². The van der Waals surface area contributed by atoms with E-state index in [2.05, 4.69) is 19.2 Å². The molecule has 3 heteroatoms. The zero-order chi connectivity index (χ0) is 11.4. The van der Waals surface area contributed by atoms with E-state index in [0.717, 1.165) is 24.9 Å². The first-order chi connectivity index (χ1) is 7.77. The van der Waals surface area contributed by atoms with E-state index in [0.29, 0.717) is 6.04 Å². The van der Waals surface area contributed by atoms with Crippen LogP contribution in [-0.4, -0.2) is 19.3 Å². The summed E-state index contributed by atoms with van der Waals surface area (Å²) >= 11 is 0. The van der Waals surface area contributed by atoms with Crippen LogP contribution in [0.15, 0.2) is 22.8 Å². The molecule has 0 saturated carbocycles. The summed E-state index contributed by atoms with van der Waals surface area (Å²) < 4.78 is 10.8. The summed E-state index contributed by atoms with van der Waals surface area (Å²) in [6, 6.07) is 4.76. The molecule has 1 aliphatic heterocycles. The van der Waals surface area contributed by atoms with E-state index < -0.39 is 0 Å². The van der Waals surface area contributed by atoms with Crippen molar-refractivity contribution < 1.29 is 9.15 Å². The van der Waals surface area contributed by atoms with Crippen LogP contribution in [0.2, 0.25) is 0 Å². The van der Waals surface area contributed by atoms with Gasteiger partial charge in [-0.05, 0) is 44.7 Å². The van der Waals surface area contributed by atoms with Crippen molar-refractivity contribution >= 4 is 0 Å². The van der Waals surface area contributed by atoms with Gasteiger partial charge in [-0.25, -0.2) is 0 Å². The molecule has 2 unspecified atom stereocenters. The number of furan rings is 1. The minimum Gasteiger partial charge on any atom is -0.468 e. The zero-order valence-corrected chi connectivity index (χ0v) is 10.1. The minimum atomic E-state index is 0.285. The Morgan fingerprint density at radius 3 is 2.69 bits per heavy atom. The molecule has 0 aliphatic carbocycles. The normalized spacial score (nSPS) is 21.9. The maximum absolute atomic E-state index is 5.40. The van der Waals surface area contributed by atoms with Gasteiger partial charge in [0.2, 0.25) is 0 Å². The predicted molar refractivity (Wildman–Crippen MR) is 63.3 cm³/mol. The molecule has 1 aromatic rings. The van der Waals surface area contributed by atoms with Crippen molar-refractivity contribution in [3.63, 3.8) is 0 Å². The minimum absolute atomic E-state index is 0.285. The molecule has 0 radical (unpaired) electrons. The molecule has 1 aliphatic rings. The van der Waals surface area contributed by atoms with E-state index >= 15 is 0 Å². The second-order valence-electron chi connectivity index (χ2n) is 4.64. The summed E-state index contributed by atoms with van der Waals surface area (Å²) in [5, 5.41) is 3.60. The van der Waals surface area contributed by atoms with Gasteiger partial charge in [-0.15, -0.1) is 0 Å². The molecular formula is C13H21NO2. The number of rotatable bonds is 4. The fourth-order valence-electron chi connectivity index (χ4n) is 2.37. The summed E-state index contributed by atoms with van der Waals surface area (Å²) in [6.45, 7) is 6.22. The molecule has 2 atom stereocenters. The molecule has 90 valence electrons. The van der Waals surface area contributed by atoms with Crippen LogP contribution in [0.3, 0.4) is 0 Å². The third-order valence-corrected chi connectivity index (χ3v) is 3.46. The first kappa shape index (κ1) is 11.7. The molecule has 1 N–H and O–H groups in total. The molecular weight excluding hydrogens is 202 g/mol. The lowest BCUT2D eigenvalue weighted by molar-refractivity contribution is 0.0543. The molecule has 1 fully saturated rings. The van der Waals surface area contributed by atoms with E-state index in [9.17, 15) is 0 Å². The van der Waals surface area contributed by atoms with Crippen LogP contribution in [0.1, 0.15) is 38.5 Å². The smallest absolute Gasteiger partial charge is 0.120 e. The standard InChI is InChI=1S/C13H21NO2/c1-10(12-5-8-15-9-6-12)14-11(2)13-4-3-7-16-13/h3-4,7,10-12,14H,5-6,8-9H2,1-2H3. The maximum Gasteiger partial charge on any atom is 0.120 e. The summed E-state index contributed by atoms with van der Waals surface area (Å²) in [7, 11) is 0. The average molecular weight is 223 g/mol. The van der Waals surface area contributed by atoms with Crippen LogP contribution in [0.4, 0.5) is 0 Å². The highest BCUT2D eigenvalue weighted by Crippen LogP contribution is 2.21. The SMILES string of the molecule is CC(NC(C)C1CCOCC1)c1ccco1. The van der Waals surface area contributed by atoms with Crippen molar-refractivity contribution in [2.45, 2.75) is 38.8 Å². The summed E-state index contributed by atoms with van der Waals surface area (Å²) in [5.41, 5.74) is 0. The first-order valence-electron chi connectivity index (χ1n) is 6.14. The number of nitrogens with one attached hydrogen (secondary N) is 1. The number of hydrogen-bond acceptors (Lipinski definition) is 3. The third kappa shape index (κ3) is 2.86. The summed E-state index contributed by atoms with van der Waals surface area (Å²) in [4.78, 5) is 0. The van der Waals surface area contributed by atoms with E-state index in [4.69, 9.17) is 9.15 Å². The van der Waals surface area contributed by atoms with Crippen molar-refractivity contribution in [3.8, 4) is 0 Å². The van der Waals surface area contributed by atoms with E-state index in [1.54, 1.807) is 6.26 Å². The third-order valence-electron chi connectivity index (χ3n) is 3.46. The van der Waals surface area contributed by atoms with Crippen LogP contribution in [0, 0.1) is 5.92 Å². The van der Waals surface area contributed by atoms with Gasteiger partial charge in [0.1, 0.15) is 5.76 Å². The lowest BCUT2D eigenvalue weighted by Gasteiger charge is -2.30. The molecule has 0 spiro atoms. The highest BCUT2D eigenvalue weighted by Gasteiger charge is 2.22. The van der Waals surface area contributed by atoms with Gasteiger partial charge in [-0.1, -0.05) is 0 Å². The Kier molecular flexibility index (Phi) is 4.02. The van der Waals surface area contributed by atoms with Crippen LogP contribution >= 0.6 is 0 Å². The lowest BCUT2D eigenvalue weighted by Crippen LogP contribution is -2.38. The monoisotopic (exact) mass is 223 g/mol. The molecule has 3 nitrogen and oxygen atoms in total. The van der Waals surface area contributed by atoms with E-state index in [1.807, 2.05) is 12.1 Å². The molecule has 2 rings (SSSR count). The van der Waals surface area contributed by atoms with E-state index in [-0.39, 0.29) is 6.04 Å². The van der Waals surface area contributed by atoms with Crippen molar-refractivity contribution in [2.75, 3.05) is 13.2 Å². The van der Waals surface area contributed by atoms with Gasteiger partial charge in [-0.3, -0.25) is 0 Å². The Morgan fingerprint density at radius 2 is 2.06 bits per heavy atom. The molecule has 2 heterocycles. The van der Waals surface area contributed by atoms with Gasteiger partial charge in [0, 0.05) is 19.3 Å². The second-order valence-corrected chi connectivity index (χ2v) is 4.64. The molecule has 0 amide bonds. The van der Waals surface area contributed by atoms with Crippen molar-refractivity contribution in [2.24, 2.45) is 5.92 Å². The van der Waals surface area contributed by atoms with Crippen LogP contribution in [-0.2, 0) is 4.74 Å². The van der Waals surface area contributed by atoms with Gasteiger partial charge >= 0.3 is 0 Å². The average Bonchev–Trinajstić information content (AvgIpc) is 2.83. The predicted octanol–water partition coefficient (Wildman–Crippen LogP) is 2.75. The molecule has 1 aromatic heterocycles. The molecule has 1 saturated heterocycles. The zero-order valence-electron chi connectivity index (χ0n) is 10.1. The Labute approximate surface area is 97.2 Å². The van der Waals surface area contributed by atoms with E-state index in [1.165, 1.54) is 12.8 Å². The summed E-state index contributed by atoms with van der Waals surface area (Å²) in [5.74, 6) is 1.74. The molecule has 16 heavy (non-hydrogen) atoms. The Bertz CT molecular complexity index is 291. The van der Waals surface area contributed by atoms with Gasteiger partial charge in [0.15, 0.2) is 0 Å². The maximum atomic E-state index is 5.40. The first-order valence-corrected chi connectivity index (χ1v) is 6.14. The largest absolute Gasteiger partial charge is 0.468 e. The fourth-order valence-corrected chi connectivity index (χ4v) is 2.37. The highest BCUT2D eigenvalue weighted by molar-refractivity contribution is 5.03. The Morgan fingerprint density at radius 1 is 1.31 bits per heavy atom. The summed E-state index contributed by atoms with van der Waals surface area (Å²) in [6.07, 6.45) is 4.06. The topological polar surface area (TPSA) is 34.4 Å². The number of ether oxygens (including phenoxy) is 1. The Balaban J connectivity index is 1.84. The quantitative estimate of drug-likeness (QED) is 0.852. The Hall–Kier alpha value is -0.800. The van der Waals surface area contributed by atoms with Gasteiger partial charge < -0.3 is 14.5 Å². The van der Waals surface area contributed by atoms with Gasteiger partial charge in [0.25, 0.3) is 0 Å². The van der Waals surface area contributed by atoms with Crippen molar-refractivity contribution in [1.82, 2.24) is 5.32 Å². The molecule has 0 bridgehead atoms. The fraction of sp³-hybridized carbons (Fsp3) is 0.692. The van der Waals surface area contributed by atoms with Crippen molar-refractivity contribution in [3.05, 3.63) is 24.2 Å². The number of hydrogen-bond donors (Lipinski definition) is 1. The second kappa shape index (κ2) is 5.51. The van der Waals surface area contributed by atoms with Gasteiger partial charge in [-0.2, -0.15) is 0 Å². The van der Waals surface area contributed by atoms with Crippen LogP contribution < -0.4 is 5.32 Å². The van der Waals surface area contributed by atoms with Crippen molar-refractivity contribution in [1.29, 1.82) is 0 Å². The molecule has 0 aromatic carbocycles. The highest BCUT2D eigenvalue weighted by atomic mass is 16.5. The van der Waals surface area contributed by atoms with Crippen LogP contribution in [0.5, 0.6) is 0 Å².